The Bertz CT molecular complexity index is 1550. The van der Waals surface area contributed by atoms with Crippen molar-refractivity contribution < 1.29 is 41.0 Å². The van der Waals surface area contributed by atoms with Crippen LogP contribution in [0.4, 0.5) is 29.3 Å². The monoisotopic (exact) mass is 640 g/mol. The van der Waals surface area contributed by atoms with E-state index in [1.54, 1.807) is 25.3 Å². The largest absolute Gasteiger partial charge is 0.486 e. The van der Waals surface area contributed by atoms with Crippen molar-refractivity contribution in [2.75, 3.05) is 37.4 Å². The number of urea groups is 1. The molecule has 0 fully saturated rings. The van der Waals surface area contributed by atoms with Crippen LogP contribution in [-0.4, -0.2) is 73.6 Å². The third kappa shape index (κ3) is 7.29. The van der Waals surface area contributed by atoms with Crippen molar-refractivity contribution in [3.8, 4) is 5.75 Å². The summed E-state index contributed by atoms with van der Waals surface area (Å²) in [6.07, 6.45) is -5.32. The third-order valence-corrected chi connectivity index (χ3v) is 10.2. The average Bonchev–Trinajstić information content (AvgIpc) is 3.51. The van der Waals surface area contributed by atoms with Crippen LogP contribution in [0.1, 0.15) is 29.8 Å². The molecule has 1 aromatic heterocycles. The van der Waals surface area contributed by atoms with E-state index in [9.17, 15) is 36.3 Å². The molecule has 0 unspecified atom stereocenters. The van der Waals surface area contributed by atoms with E-state index in [2.05, 4.69) is 10.6 Å². The van der Waals surface area contributed by atoms with E-state index < -0.39 is 51.8 Å². The van der Waals surface area contributed by atoms with Crippen LogP contribution >= 0.6 is 11.3 Å². The molecule has 3 aromatic rings. The molecule has 2 heterocycles. The third-order valence-electron chi connectivity index (χ3n) is 7.01. The number of amides is 3. The number of thiophene rings is 1. The topological polar surface area (TPSA) is 128 Å². The van der Waals surface area contributed by atoms with Gasteiger partial charge in [0.25, 0.3) is 15.9 Å². The highest BCUT2D eigenvalue weighted by molar-refractivity contribution is 7.91. The van der Waals surface area contributed by atoms with E-state index >= 15 is 0 Å². The van der Waals surface area contributed by atoms with Crippen molar-refractivity contribution >= 4 is 44.7 Å². The normalized spacial score (nSPS) is 18.3. The number of likely N-dealkylation sites (N-methyl/N-ethyl adjacent to an activating group) is 1. The van der Waals surface area contributed by atoms with Gasteiger partial charge in [0.1, 0.15) is 10.3 Å². The summed E-state index contributed by atoms with van der Waals surface area (Å²) in [6.45, 7) is 3.21. The maximum Gasteiger partial charge on any atom is 0.416 e. The van der Waals surface area contributed by atoms with E-state index in [0.717, 1.165) is 39.9 Å². The summed E-state index contributed by atoms with van der Waals surface area (Å²) in [7, 11) is -2.41. The van der Waals surface area contributed by atoms with Gasteiger partial charge in [-0.2, -0.15) is 17.5 Å². The molecule has 4 rings (SSSR count). The van der Waals surface area contributed by atoms with Gasteiger partial charge in [0.05, 0.1) is 36.0 Å². The first-order valence-corrected chi connectivity index (χ1v) is 15.5. The number of hydrogen-bond acceptors (Lipinski definition) is 7. The van der Waals surface area contributed by atoms with Gasteiger partial charge in [-0.05, 0) is 54.8 Å². The number of fused-ring (bicyclic) bond motifs is 1. The Morgan fingerprint density at radius 2 is 1.86 bits per heavy atom. The molecule has 3 N–H and O–H groups in total. The molecule has 2 aromatic carbocycles. The van der Waals surface area contributed by atoms with Crippen molar-refractivity contribution in [1.82, 2.24) is 9.21 Å². The highest BCUT2D eigenvalue weighted by atomic mass is 32.2. The zero-order valence-corrected chi connectivity index (χ0v) is 25.1. The van der Waals surface area contributed by atoms with E-state index in [-0.39, 0.29) is 46.6 Å². The summed E-state index contributed by atoms with van der Waals surface area (Å²) in [5, 5.41) is 16.5. The lowest BCUT2D eigenvalue weighted by molar-refractivity contribution is -0.137. The van der Waals surface area contributed by atoms with Gasteiger partial charge in [0.15, 0.2) is 5.75 Å². The van der Waals surface area contributed by atoms with Crippen LogP contribution in [0.15, 0.2) is 64.2 Å². The molecule has 3 atom stereocenters. The number of aliphatic hydroxyl groups excluding tert-OH is 1. The van der Waals surface area contributed by atoms with Gasteiger partial charge < -0.3 is 25.4 Å². The van der Waals surface area contributed by atoms with Gasteiger partial charge in [-0.15, -0.1) is 11.3 Å². The van der Waals surface area contributed by atoms with E-state index in [0.29, 0.717) is 0 Å². The zero-order valence-electron chi connectivity index (χ0n) is 23.5. The number of nitrogens with one attached hydrogen (secondary N) is 2. The van der Waals surface area contributed by atoms with Crippen LogP contribution in [0.25, 0.3) is 0 Å². The van der Waals surface area contributed by atoms with Crippen molar-refractivity contribution in [1.29, 1.82) is 0 Å². The predicted molar refractivity (Wildman–Crippen MR) is 156 cm³/mol. The number of carbonyl (C=O) groups is 2. The summed E-state index contributed by atoms with van der Waals surface area (Å²) < 4.78 is 72.7. The number of aliphatic hydroxyl groups is 1. The second kappa shape index (κ2) is 12.9. The minimum atomic E-state index is -4.53. The number of para-hydroxylation sites is 1. The molecule has 1 aliphatic heterocycles. The fourth-order valence-electron chi connectivity index (χ4n) is 4.50. The van der Waals surface area contributed by atoms with Crippen LogP contribution in [0.5, 0.6) is 5.75 Å². The lowest BCUT2D eigenvalue weighted by atomic mass is 9.99. The van der Waals surface area contributed by atoms with Crippen molar-refractivity contribution in [3.05, 3.63) is 71.1 Å². The number of anilines is 2. The van der Waals surface area contributed by atoms with Crippen LogP contribution in [0.3, 0.4) is 0 Å². The number of alkyl halides is 3. The second-order valence-corrected chi connectivity index (χ2v) is 13.4. The molecule has 0 spiro atoms. The van der Waals surface area contributed by atoms with Crippen LogP contribution < -0.4 is 15.4 Å². The van der Waals surface area contributed by atoms with Gasteiger partial charge in [-0.3, -0.25) is 4.79 Å². The number of sulfonamides is 1. The van der Waals surface area contributed by atoms with Gasteiger partial charge in [-0.1, -0.05) is 19.1 Å². The molecule has 0 saturated heterocycles. The predicted octanol–water partition coefficient (Wildman–Crippen LogP) is 4.95. The quantitative estimate of drug-likeness (QED) is 0.320. The fraction of sp³-hybridized carbons (Fsp3) is 0.357. The second-order valence-electron chi connectivity index (χ2n) is 10.2. The minimum absolute atomic E-state index is 0.0105. The molecule has 0 aliphatic carbocycles. The Balaban J connectivity index is 1.65. The van der Waals surface area contributed by atoms with Crippen molar-refractivity contribution in [2.24, 2.45) is 5.92 Å². The summed E-state index contributed by atoms with van der Waals surface area (Å²) in [5.74, 6) is -0.891. The maximum atomic E-state index is 13.6. The van der Waals surface area contributed by atoms with E-state index in [1.165, 1.54) is 36.2 Å². The van der Waals surface area contributed by atoms with Crippen LogP contribution in [0, 0.1) is 5.92 Å². The molecule has 0 saturated carbocycles. The van der Waals surface area contributed by atoms with E-state index in [4.69, 9.17) is 4.74 Å². The lowest BCUT2D eigenvalue weighted by Crippen LogP contribution is -2.50. The Kier molecular flexibility index (Phi) is 9.69. The molecule has 232 valence electrons. The Hall–Kier alpha value is -3.66. The number of carbonyl (C=O) groups excluding carboxylic acids is 2. The Morgan fingerprint density at radius 3 is 2.47 bits per heavy atom. The molecule has 10 nitrogen and oxygen atoms in total. The summed E-state index contributed by atoms with van der Waals surface area (Å²) >= 11 is 1.08. The fourth-order valence-corrected chi connectivity index (χ4v) is 6.89. The van der Waals surface area contributed by atoms with Gasteiger partial charge in [0, 0.05) is 25.2 Å². The Labute approximate surface area is 251 Å². The first-order valence-electron chi connectivity index (χ1n) is 13.2. The standard InChI is InChI=1S/C28H31F3N4O6S2/c1-17-14-35(18(2)16-36)26(37)21-6-4-7-22(33-27(38)32-20-11-9-19(10-12-20)28(29,30)31)25(21)41-23(17)15-34(3)43(39,40)24-8-5-13-42-24/h4-13,17-18,23,36H,14-16H2,1-3H3,(H2,32,33,38)/t17-,18+,23-/m0/s1. The van der Waals surface area contributed by atoms with Gasteiger partial charge >= 0.3 is 12.2 Å². The molecule has 43 heavy (non-hydrogen) atoms. The number of rotatable bonds is 8. The molecular formula is C28H31F3N4O6S2. The molecular weight excluding hydrogens is 609 g/mol. The average molecular weight is 641 g/mol. The number of nitrogens with zero attached hydrogens (tertiary/aromatic N) is 2. The van der Waals surface area contributed by atoms with Crippen LogP contribution in [-0.2, 0) is 16.2 Å². The molecule has 3 amide bonds. The number of benzene rings is 2. The summed E-state index contributed by atoms with van der Waals surface area (Å²) in [5.41, 5.74) is -0.623. The molecule has 0 radical (unpaired) electrons. The first-order chi connectivity index (χ1) is 20.2. The summed E-state index contributed by atoms with van der Waals surface area (Å²) in [6, 6.07) is 10.1. The van der Waals surface area contributed by atoms with Crippen molar-refractivity contribution in [3.63, 3.8) is 0 Å². The molecule has 1 aliphatic rings. The maximum absolute atomic E-state index is 13.6. The summed E-state index contributed by atoms with van der Waals surface area (Å²) in [4.78, 5) is 28.0. The number of ether oxygens (including phenoxy) is 1. The smallest absolute Gasteiger partial charge is 0.416 e. The van der Waals surface area contributed by atoms with Crippen LogP contribution in [0.2, 0.25) is 0 Å². The van der Waals surface area contributed by atoms with Crippen molar-refractivity contribution in [2.45, 2.75) is 36.4 Å². The highest BCUT2D eigenvalue weighted by Gasteiger charge is 2.36. The lowest BCUT2D eigenvalue weighted by Gasteiger charge is -2.38. The first kappa shape index (κ1) is 32.3. The minimum Gasteiger partial charge on any atom is -0.486 e. The molecule has 0 bridgehead atoms. The molecule has 15 heteroatoms. The van der Waals surface area contributed by atoms with Gasteiger partial charge in [0.2, 0.25) is 0 Å². The number of halogens is 3. The Morgan fingerprint density at radius 1 is 1.16 bits per heavy atom. The zero-order chi connectivity index (χ0) is 31.5. The number of hydrogen-bond donors (Lipinski definition) is 3. The van der Waals surface area contributed by atoms with Gasteiger partial charge in [-0.25, -0.2) is 13.2 Å². The van der Waals surface area contributed by atoms with E-state index in [1.807, 2.05) is 0 Å². The SMILES string of the molecule is C[C@H](CO)N1C[C@H](C)[C@H](CN(C)S(=O)(=O)c2cccs2)Oc2c(NC(=O)Nc3ccc(C(F)(F)F)cc3)cccc2C1=O. The highest BCUT2D eigenvalue weighted by Crippen LogP contribution is 2.36.